The third-order valence-electron chi connectivity index (χ3n) is 2.55. The van der Waals surface area contributed by atoms with Crippen molar-refractivity contribution in [2.75, 3.05) is 0 Å². The number of phenolic OH excluding ortho intramolecular Hbond substituents is 1. The molecule has 1 aromatic carbocycles. The van der Waals surface area contributed by atoms with Crippen LogP contribution in [0.3, 0.4) is 0 Å². The molecule has 19 heavy (non-hydrogen) atoms. The number of nitrogens with zero attached hydrogens (tertiary/aromatic N) is 3. The highest BCUT2D eigenvalue weighted by molar-refractivity contribution is 5.79. The standard InChI is InChI=1S/C13H11N3O3/c1-9(11-8-14-4-5-15-11)6-10-2-3-12(16(18)19)13(17)7-10/h2-8,17H,1H3/b9-6-. The van der Waals surface area contributed by atoms with E-state index in [2.05, 4.69) is 9.97 Å². The molecule has 96 valence electrons. The van der Waals surface area contributed by atoms with Gasteiger partial charge in [0, 0.05) is 18.5 Å². The van der Waals surface area contributed by atoms with Crippen molar-refractivity contribution in [3.63, 3.8) is 0 Å². The summed E-state index contributed by atoms with van der Waals surface area (Å²) in [6.45, 7) is 1.85. The smallest absolute Gasteiger partial charge is 0.310 e. The maximum Gasteiger partial charge on any atom is 0.310 e. The molecule has 2 aromatic rings. The number of benzene rings is 1. The number of nitro benzene ring substituents is 1. The fraction of sp³-hybridized carbons (Fsp3) is 0.0769. The number of hydrogen-bond donors (Lipinski definition) is 1. The van der Waals surface area contributed by atoms with Gasteiger partial charge in [0.2, 0.25) is 0 Å². The van der Waals surface area contributed by atoms with E-state index in [9.17, 15) is 15.2 Å². The molecule has 0 atom stereocenters. The third kappa shape index (κ3) is 2.92. The van der Waals surface area contributed by atoms with Crippen LogP contribution in [0.1, 0.15) is 18.2 Å². The molecule has 6 heteroatoms. The summed E-state index contributed by atoms with van der Waals surface area (Å²) in [4.78, 5) is 18.1. The van der Waals surface area contributed by atoms with Crippen LogP contribution >= 0.6 is 0 Å². The highest BCUT2D eigenvalue weighted by atomic mass is 16.6. The Balaban J connectivity index is 2.34. The Kier molecular flexibility index (Phi) is 3.51. The quantitative estimate of drug-likeness (QED) is 0.674. The third-order valence-corrected chi connectivity index (χ3v) is 2.55. The molecule has 0 aliphatic rings. The van der Waals surface area contributed by atoms with Crippen LogP contribution in [0.2, 0.25) is 0 Å². The minimum atomic E-state index is -0.627. The monoisotopic (exact) mass is 257 g/mol. The summed E-state index contributed by atoms with van der Waals surface area (Å²) in [7, 11) is 0. The summed E-state index contributed by atoms with van der Waals surface area (Å²) in [6.07, 6.45) is 6.55. The summed E-state index contributed by atoms with van der Waals surface area (Å²) in [5.74, 6) is -0.356. The predicted molar refractivity (Wildman–Crippen MR) is 70.3 cm³/mol. The molecule has 1 heterocycles. The Morgan fingerprint density at radius 3 is 2.79 bits per heavy atom. The first-order valence-corrected chi connectivity index (χ1v) is 5.50. The van der Waals surface area contributed by atoms with E-state index in [4.69, 9.17) is 0 Å². The lowest BCUT2D eigenvalue weighted by molar-refractivity contribution is -0.385. The summed E-state index contributed by atoms with van der Waals surface area (Å²) >= 11 is 0. The number of aromatic nitrogens is 2. The molecule has 1 N–H and O–H groups in total. The Morgan fingerprint density at radius 2 is 2.21 bits per heavy atom. The van der Waals surface area contributed by atoms with Gasteiger partial charge < -0.3 is 5.11 Å². The van der Waals surface area contributed by atoms with Gasteiger partial charge in [-0.25, -0.2) is 0 Å². The molecule has 0 unspecified atom stereocenters. The summed E-state index contributed by atoms with van der Waals surface area (Å²) in [6, 6.07) is 4.18. The first-order chi connectivity index (χ1) is 9.08. The number of hydrogen-bond acceptors (Lipinski definition) is 5. The van der Waals surface area contributed by atoms with Crippen LogP contribution < -0.4 is 0 Å². The number of allylic oxidation sites excluding steroid dienone is 1. The highest BCUT2D eigenvalue weighted by Gasteiger charge is 2.12. The normalized spacial score (nSPS) is 11.3. The molecule has 2 rings (SSSR count). The molecule has 0 aliphatic carbocycles. The minimum absolute atomic E-state index is 0.311. The maximum absolute atomic E-state index is 10.6. The van der Waals surface area contributed by atoms with Crippen LogP contribution in [0.15, 0.2) is 36.8 Å². The zero-order chi connectivity index (χ0) is 13.8. The molecule has 0 fully saturated rings. The highest BCUT2D eigenvalue weighted by Crippen LogP contribution is 2.27. The number of rotatable bonds is 3. The molecular formula is C13H11N3O3. The van der Waals surface area contributed by atoms with Crippen molar-refractivity contribution < 1.29 is 10.0 Å². The van der Waals surface area contributed by atoms with Gasteiger partial charge in [-0.15, -0.1) is 0 Å². The summed E-state index contributed by atoms with van der Waals surface area (Å²) < 4.78 is 0. The molecule has 0 bridgehead atoms. The Hall–Kier alpha value is -2.76. The van der Waals surface area contributed by atoms with E-state index in [1.807, 2.05) is 6.92 Å². The second-order valence-electron chi connectivity index (χ2n) is 3.92. The van der Waals surface area contributed by atoms with Crippen molar-refractivity contribution in [3.8, 4) is 5.75 Å². The van der Waals surface area contributed by atoms with Crippen molar-refractivity contribution in [2.24, 2.45) is 0 Å². The minimum Gasteiger partial charge on any atom is -0.502 e. The second kappa shape index (κ2) is 5.26. The van der Waals surface area contributed by atoms with Crippen molar-refractivity contribution in [3.05, 3.63) is 58.2 Å². The van der Waals surface area contributed by atoms with Crippen LogP contribution in [-0.4, -0.2) is 20.0 Å². The van der Waals surface area contributed by atoms with Crippen LogP contribution in [0, 0.1) is 10.1 Å². The molecule has 1 aromatic heterocycles. The zero-order valence-electron chi connectivity index (χ0n) is 10.1. The lowest BCUT2D eigenvalue weighted by atomic mass is 10.1. The van der Waals surface area contributed by atoms with E-state index in [-0.39, 0.29) is 11.4 Å². The molecular weight excluding hydrogens is 246 g/mol. The van der Waals surface area contributed by atoms with Gasteiger partial charge in [-0.3, -0.25) is 20.1 Å². The molecule has 0 amide bonds. The average Bonchev–Trinajstić information content (AvgIpc) is 2.39. The Bertz CT molecular complexity index is 639. The fourth-order valence-corrected chi connectivity index (χ4v) is 1.61. The van der Waals surface area contributed by atoms with Crippen molar-refractivity contribution in [1.82, 2.24) is 9.97 Å². The first kappa shape index (κ1) is 12.7. The molecule has 0 radical (unpaired) electrons. The van der Waals surface area contributed by atoms with Crippen LogP contribution in [0.25, 0.3) is 11.6 Å². The van der Waals surface area contributed by atoms with Gasteiger partial charge in [0.15, 0.2) is 5.75 Å². The van der Waals surface area contributed by atoms with E-state index in [0.717, 1.165) is 5.57 Å². The van der Waals surface area contributed by atoms with E-state index >= 15 is 0 Å². The van der Waals surface area contributed by atoms with Gasteiger partial charge >= 0.3 is 5.69 Å². The SMILES string of the molecule is C/C(=C/c1ccc([N+](=O)[O-])c(O)c1)c1cnccn1. The topological polar surface area (TPSA) is 89.2 Å². The van der Waals surface area contributed by atoms with Crippen LogP contribution in [-0.2, 0) is 0 Å². The van der Waals surface area contributed by atoms with Crippen molar-refractivity contribution >= 4 is 17.3 Å². The Labute approximate surface area is 109 Å². The molecule has 0 saturated carbocycles. The zero-order valence-corrected chi connectivity index (χ0v) is 10.1. The summed E-state index contributed by atoms with van der Waals surface area (Å²) in [5, 5.41) is 20.1. The van der Waals surface area contributed by atoms with Gasteiger partial charge in [-0.1, -0.05) is 0 Å². The average molecular weight is 257 g/mol. The van der Waals surface area contributed by atoms with Gasteiger partial charge in [-0.2, -0.15) is 0 Å². The van der Waals surface area contributed by atoms with Crippen LogP contribution in [0.4, 0.5) is 5.69 Å². The van der Waals surface area contributed by atoms with E-state index in [1.54, 1.807) is 30.7 Å². The Morgan fingerprint density at radius 1 is 1.42 bits per heavy atom. The van der Waals surface area contributed by atoms with E-state index in [1.165, 1.54) is 12.1 Å². The molecule has 0 saturated heterocycles. The van der Waals surface area contributed by atoms with Crippen LogP contribution in [0.5, 0.6) is 5.75 Å². The van der Waals surface area contributed by atoms with Gasteiger partial charge in [0.25, 0.3) is 0 Å². The van der Waals surface area contributed by atoms with Crippen molar-refractivity contribution in [2.45, 2.75) is 6.92 Å². The van der Waals surface area contributed by atoms with Gasteiger partial charge in [-0.05, 0) is 36.3 Å². The lowest BCUT2D eigenvalue weighted by Gasteiger charge is -2.01. The van der Waals surface area contributed by atoms with Crippen molar-refractivity contribution in [1.29, 1.82) is 0 Å². The molecule has 0 spiro atoms. The van der Waals surface area contributed by atoms with Gasteiger partial charge in [0.1, 0.15) is 0 Å². The number of aromatic hydroxyl groups is 1. The lowest BCUT2D eigenvalue weighted by Crippen LogP contribution is -1.89. The maximum atomic E-state index is 10.6. The first-order valence-electron chi connectivity index (χ1n) is 5.50. The predicted octanol–water partition coefficient (Wildman–Crippen LogP) is 2.65. The second-order valence-corrected chi connectivity index (χ2v) is 3.92. The number of phenols is 1. The largest absolute Gasteiger partial charge is 0.502 e. The van der Waals surface area contributed by atoms with Gasteiger partial charge in [0.05, 0.1) is 16.8 Å². The summed E-state index contributed by atoms with van der Waals surface area (Å²) in [5.41, 5.74) is 1.90. The van der Waals surface area contributed by atoms with E-state index < -0.39 is 4.92 Å². The fourth-order valence-electron chi connectivity index (χ4n) is 1.61. The molecule has 0 aliphatic heterocycles. The number of nitro groups is 1. The van der Waals surface area contributed by atoms with E-state index in [0.29, 0.717) is 11.3 Å². The molecule has 6 nitrogen and oxygen atoms in total.